The van der Waals surface area contributed by atoms with Crippen molar-refractivity contribution in [2.75, 3.05) is 24.7 Å². The first kappa shape index (κ1) is 10.3. The highest BCUT2D eigenvalue weighted by Gasteiger charge is 2.03. The Kier molecular flexibility index (Phi) is 3.28. The van der Waals surface area contributed by atoms with Gasteiger partial charge >= 0.3 is 5.97 Å². The Morgan fingerprint density at radius 2 is 2.36 bits per heavy atom. The van der Waals surface area contributed by atoms with Gasteiger partial charge in [-0.25, -0.2) is 4.39 Å². The van der Waals surface area contributed by atoms with Crippen molar-refractivity contribution in [3.05, 3.63) is 24.0 Å². The van der Waals surface area contributed by atoms with E-state index in [1.807, 2.05) is 0 Å². The number of esters is 1. The Morgan fingerprint density at radius 3 is 2.93 bits per heavy atom. The summed E-state index contributed by atoms with van der Waals surface area (Å²) in [7, 11) is 1.29. The summed E-state index contributed by atoms with van der Waals surface area (Å²) in [5, 5.41) is 2.72. The molecule has 0 aliphatic carbocycles. The summed E-state index contributed by atoms with van der Waals surface area (Å²) < 4.78 is 17.0. The van der Waals surface area contributed by atoms with E-state index in [4.69, 9.17) is 5.73 Å². The van der Waals surface area contributed by atoms with Gasteiger partial charge in [0.1, 0.15) is 12.4 Å². The number of halogens is 1. The number of carbonyl (C=O) groups is 1. The van der Waals surface area contributed by atoms with Gasteiger partial charge in [-0.1, -0.05) is 0 Å². The normalized spacial score (nSPS) is 9.57. The van der Waals surface area contributed by atoms with Crippen LogP contribution in [0.5, 0.6) is 0 Å². The molecule has 0 atom stereocenters. The molecule has 0 saturated heterocycles. The van der Waals surface area contributed by atoms with Crippen molar-refractivity contribution < 1.29 is 13.9 Å². The van der Waals surface area contributed by atoms with Gasteiger partial charge in [0.15, 0.2) is 0 Å². The van der Waals surface area contributed by atoms with Crippen LogP contribution >= 0.6 is 0 Å². The van der Waals surface area contributed by atoms with Crippen LogP contribution < -0.4 is 11.1 Å². The fraction of sp³-hybridized carbons (Fsp3) is 0.222. The Bertz CT molecular complexity index is 342. The van der Waals surface area contributed by atoms with E-state index in [1.54, 1.807) is 0 Å². The van der Waals surface area contributed by atoms with Gasteiger partial charge in [-0.3, -0.25) is 4.79 Å². The summed E-state index contributed by atoms with van der Waals surface area (Å²) in [5.41, 5.74) is 6.26. The summed E-state index contributed by atoms with van der Waals surface area (Å²) in [4.78, 5) is 10.8. The molecule has 0 aliphatic rings. The molecular weight excluding hydrogens is 187 g/mol. The minimum absolute atomic E-state index is 0.00628. The first-order chi connectivity index (χ1) is 6.63. The van der Waals surface area contributed by atoms with Crippen LogP contribution in [-0.2, 0) is 9.53 Å². The number of hydrogen-bond donors (Lipinski definition) is 2. The molecule has 0 fully saturated rings. The van der Waals surface area contributed by atoms with E-state index < -0.39 is 11.8 Å². The summed E-state index contributed by atoms with van der Waals surface area (Å²) in [6.45, 7) is 0.00628. The number of methoxy groups -OCH3 is 1. The number of anilines is 2. The van der Waals surface area contributed by atoms with Crippen LogP contribution in [0.15, 0.2) is 18.2 Å². The molecule has 0 unspecified atom stereocenters. The molecule has 0 saturated carbocycles. The van der Waals surface area contributed by atoms with Gasteiger partial charge in [-0.15, -0.1) is 0 Å². The predicted molar refractivity (Wildman–Crippen MR) is 51.3 cm³/mol. The third-order valence-electron chi connectivity index (χ3n) is 1.66. The van der Waals surface area contributed by atoms with Crippen LogP contribution in [0.3, 0.4) is 0 Å². The standard InChI is InChI=1S/C9H11FN2O2/c1-14-9(13)5-12-8-3-2-6(10)4-7(8)11/h2-4,12H,5,11H2,1H3. The molecule has 1 aromatic carbocycles. The Labute approximate surface area is 80.9 Å². The maximum Gasteiger partial charge on any atom is 0.325 e. The number of ether oxygens (including phenoxy) is 1. The molecule has 14 heavy (non-hydrogen) atoms. The zero-order valence-corrected chi connectivity index (χ0v) is 7.71. The monoisotopic (exact) mass is 198 g/mol. The van der Waals surface area contributed by atoms with E-state index in [-0.39, 0.29) is 12.2 Å². The second-order valence-corrected chi connectivity index (χ2v) is 2.66. The van der Waals surface area contributed by atoms with Crippen molar-refractivity contribution in [2.45, 2.75) is 0 Å². The molecule has 76 valence electrons. The lowest BCUT2D eigenvalue weighted by molar-refractivity contribution is -0.138. The average molecular weight is 198 g/mol. The molecular formula is C9H11FN2O2. The first-order valence-electron chi connectivity index (χ1n) is 3.99. The third-order valence-corrected chi connectivity index (χ3v) is 1.66. The molecule has 1 rings (SSSR count). The third kappa shape index (κ3) is 2.62. The van der Waals surface area contributed by atoms with Crippen LogP contribution in [0.2, 0.25) is 0 Å². The molecule has 0 heterocycles. The van der Waals surface area contributed by atoms with Gasteiger partial charge < -0.3 is 15.8 Å². The summed E-state index contributed by atoms with van der Waals surface area (Å²) in [5.74, 6) is -0.820. The minimum atomic E-state index is -0.411. The van der Waals surface area contributed by atoms with E-state index >= 15 is 0 Å². The van der Waals surface area contributed by atoms with Crippen molar-refractivity contribution >= 4 is 17.3 Å². The van der Waals surface area contributed by atoms with Gasteiger partial charge in [-0.2, -0.15) is 0 Å². The van der Waals surface area contributed by atoms with E-state index in [2.05, 4.69) is 10.1 Å². The molecule has 0 amide bonds. The van der Waals surface area contributed by atoms with Crippen LogP contribution in [0.4, 0.5) is 15.8 Å². The highest BCUT2D eigenvalue weighted by atomic mass is 19.1. The summed E-state index contributed by atoms with van der Waals surface area (Å²) >= 11 is 0. The van der Waals surface area contributed by atoms with E-state index in [0.717, 1.165) is 0 Å². The van der Waals surface area contributed by atoms with E-state index in [9.17, 15) is 9.18 Å². The van der Waals surface area contributed by atoms with Gasteiger partial charge in [-0.05, 0) is 18.2 Å². The SMILES string of the molecule is COC(=O)CNc1ccc(F)cc1N. The van der Waals surface area contributed by atoms with Crippen molar-refractivity contribution in [1.29, 1.82) is 0 Å². The Balaban J connectivity index is 2.63. The molecule has 0 spiro atoms. The van der Waals surface area contributed by atoms with Crippen LogP contribution in [0.1, 0.15) is 0 Å². The maximum absolute atomic E-state index is 12.6. The molecule has 0 bridgehead atoms. The molecule has 0 aromatic heterocycles. The summed E-state index contributed by atoms with van der Waals surface area (Å²) in [6.07, 6.45) is 0. The van der Waals surface area contributed by atoms with Crippen LogP contribution in [0, 0.1) is 5.82 Å². The number of nitrogens with two attached hydrogens (primary N) is 1. The lowest BCUT2D eigenvalue weighted by atomic mass is 10.2. The lowest BCUT2D eigenvalue weighted by Gasteiger charge is -2.07. The minimum Gasteiger partial charge on any atom is -0.468 e. The number of carbonyl (C=O) groups excluding carboxylic acids is 1. The quantitative estimate of drug-likeness (QED) is 0.561. The smallest absolute Gasteiger partial charge is 0.325 e. The average Bonchev–Trinajstić information content (AvgIpc) is 2.16. The second kappa shape index (κ2) is 4.45. The first-order valence-corrected chi connectivity index (χ1v) is 3.99. The van der Waals surface area contributed by atoms with Gasteiger partial charge in [0.25, 0.3) is 0 Å². The fourth-order valence-corrected chi connectivity index (χ4v) is 0.934. The van der Waals surface area contributed by atoms with Crippen molar-refractivity contribution in [3.8, 4) is 0 Å². The molecule has 0 radical (unpaired) electrons. The number of benzene rings is 1. The summed E-state index contributed by atoms with van der Waals surface area (Å²) in [6, 6.07) is 3.91. The number of hydrogen-bond acceptors (Lipinski definition) is 4. The molecule has 3 N–H and O–H groups in total. The molecule has 1 aromatic rings. The van der Waals surface area contributed by atoms with Crippen molar-refractivity contribution in [1.82, 2.24) is 0 Å². The largest absolute Gasteiger partial charge is 0.468 e. The predicted octanol–water partition coefficient (Wildman–Crippen LogP) is 0.993. The van der Waals surface area contributed by atoms with E-state index in [0.29, 0.717) is 5.69 Å². The molecule has 5 heteroatoms. The highest BCUT2D eigenvalue weighted by molar-refractivity contribution is 5.77. The second-order valence-electron chi connectivity index (χ2n) is 2.66. The molecule has 4 nitrogen and oxygen atoms in total. The zero-order chi connectivity index (χ0) is 10.6. The van der Waals surface area contributed by atoms with Gasteiger partial charge in [0, 0.05) is 0 Å². The van der Waals surface area contributed by atoms with Crippen molar-refractivity contribution in [2.24, 2.45) is 0 Å². The highest BCUT2D eigenvalue weighted by Crippen LogP contribution is 2.18. The Hall–Kier alpha value is -1.78. The van der Waals surface area contributed by atoms with Crippen molar-refractivity contribution in [3.63, 3.8) is 0 Å². The van der Waals surface area contributed by atoms with E-state index in [1.165, 1.54) is 25.3 Å². The maximum atomic E-state index is 12.6. The number of rotatable bonds is 3. The van der Waals surface area contributed by atoms with Crippen LogP contribution in [0.25, 0.3) is 0 Å². The van der Waals surface area contributed by atoms with Gasteiger partial charge in [0.05, 0.1) is 18.5 Å². The topological polar surface area (TPSA) is 64.3 Å². The number of nitrogens with one attached hydrogen (secondary N) is 1. The van der Waals surface area contributed by atoms with Crippen LogP contribution in [-0.4, -0.2) is 19.6 Å². The number of nitrogen functional groups attached to an aromatic ring is 1. The zero-order valence-electron chi connectivity index (χ0n) is 7.71. The fourth-order valence-electron chi connectivity index (χ4n) is 0.934. The molecule has 0 aliphatic heterocycles. The Morgan fingerprint density at radius 1 is 1.64 bits per heavy atom. The lowest BCUT2D eigenvalue weighted by Crippen LogP contribution is -2.15. The van der Waals surface area contributed by atoms with Gasteiger partial charge in [0.2, 0.25) is 0 Å².